The molecule has 6 nitrogen and oxygen atoms in total. The minimum atomic E-state index is -0.104. The molecular weight excluding hydrogens is 383 g/mol. The van der Waals surface area contributed by atoms with E-state index in [-0.39, 0.29) is 29.9 Å². The number of guanidine groups is 1. The average molecular weight is 404 g/mol. The molecule has 0 radical (unpaired) electrons. The summed E-state index contributed by atoms with van der Waals surface area (Å²) in [6.45, 7) is 2.97. The van der Waals surface area contributed by atoms with E-state index in [1.807, 2.05) is 13.1 Å². The topological polar surface area (TPSA) is 66.0 Å². The van der Waals surface area contributed by atoms with E-state index in [0.29, 0.717) is 24.4 Å². The first-order valence-corrected chi connectivity index (χ1v) is 6.62. The summed E-state index contributed by atoms with van der Waals surface area (Å²) in [5, 5.41) is 6.06. The molecule has 0 spiro atoms. The molecule has 0 saturated carbocycles. The summed E-state index contributed by atoms with van der Waals surface area (Å²) in [4.78, 5) is 18.3. The van der Waals surface area contributed by atoms with Crippen LogP contribution in [-0.4, -0.2) is 57.1 Å². The van der Waals surface area contributed by atoms with E-state index in [9.17, 15) is 4.79 Å². The lowest BCUT2D eigenvalue weighted by atomic mass is 10.2. The van der Waals surface area contributed by atoms with E-state index < -0.39 is 0 Å². The normalized spacial score (nSPS) is 13.2. The van der Waals surface area contributed by atoms with Gasteiger partial charge in [-0.1, -0.05) is 6.07 Å². The van der Waals surface area contributed by atoms with Gasteiger partial charge in [-0.3, -0.25) is 9.79 Å². The zero-order valence-corrected chi connectivity index (χ0v) is 14.6. The van der Waals surface area contributed by atoms with Crippen LogP contribution in [0.1, 0.15) is 10.4 Å². The second kappa shape index (κ2) is 8.71. The fourth-order valence-corrected chi connectivity index (χ4v) is 1.94. The molecule has 1 aliphatic rings. The van der Waals surface area contributed by atoms with Crippen LogP contribution in [0.4, 0.5) is 0 Å². The number of aliphatic imine (C=N–C) groups is 1. The number of likely N-dealkylation sites (N-methyl/N-ethyl adjacent to an activating group) is 1. The monoisotopic (exact) mass is 404 g/mol. The molecule has 0 unspecified atom stereocenters. The standard InChI is InChI=1S/C14H20N4O2.HI/c1-18-9-8-17-14(18)16-7-6-15-13(19)11-4-3-5-12(10-11)20-2;/h3-5,10H,6-9H2,1-2H3,(H,15,19)(H,16,17);1H. The molecule has 21 heavy (non-hydrogen) atoms. The van der Waals surface area contributed by atoms with Crippen LogP contribution in [0.5, 0.6) is 5.75 Å². The Labute approximate surface area is 142 Å². The van der Waals surface area contributed by atoms with Crippen LogP contribution in [0.2, 0.25) is 0 Å². The molecule has 1 amide bonds. The smallest absolute Gasteiger partial charge is 0.251 e. The quantitative estimate of drug-likeness (QED) is 0.567. The first-order valence-electron chi connectivity index (χ1n) is 6.62. The maximum atomic E-state index is 11.9. The van der Waals surface area contributed by atoms with Gasteiger partial charge in [-0.15, -0.1) is 24.0 Å². The van der Waals surface area contributed by atoms with Crippen LogP contribution < -0.4 is 15.4 Å². The Bertz CT molecular complexity index is 508. The highest BCUT2D eigenvalue weighted by Crippen LogP contribution is 2.12. The van der Waals surface area contributed by atoms with Gasteiger partial charge in [0.25, 0.3) is 5.91 Å². The molecular formula is C14H21IN4O2. The summed E-state index contributed by atoms with van der Waals surface area (Å²) in [5.41, 5.74) is 0.597. The number of ether oxygens (including phenoxy) is 1. The van der Waals surface area contributed by atoms with Crippen LogP contribution in [0.3, 0.4) is 0 Å². The lowest BCUT2D eigenvalue weighted by molar-refractivity contribution is 0.0954. The molecule has 1 aromatic carbocycles. The highest BCUT2D eigenvalue weighted by Gasteiger charge is 2.11. The second-order valence-electron chi connectivity index (χ2n) is 4.54. The molecule has 2 rings (SSSR count). The van der Waals surface area contributed by atoms with Gasteiger partial charge in [-0.05, 0) is 18.2 Å². The SMILES string of the molecule is COc1cccc(C(=O)NCCNC2=NCCN2C)c1.I. The lowest BCUT2D eigenvalue weighted by Crippen LogP contribution is -2.40. The van der Waals surface area contributed by atoms with Crippen LogP contribution in [0.15, 0.2) is 29.3 Å². The third kappa shape index (κ3) is 5.07. The van der Waals surface area contributed by atoms with E-state index in [0.717, 1.165) is 19.0 Å². The fraction of sp³-hybridized carbons (Fsp3) is 0.429. The Morgan fingerprint density at radius 3 is 2.90 bits per heavy atom. The molecule has 1 heterocycles. The van der Waals surface area contributed by atoms with Crippen molar-refractivity contribution in [3.05, 3.63) is 29.8 Å². The third-order valence-corrected chi connectivity index (χ3v) is 3.08. The van der Waals surface area contributed by atoms with Gasteiger partial charge in [0.15, 0.2) is 5.96 Å². The lowest BCUT2D eigenvalue weighted by Gasteiger charge is -2.15. The van der Waals surface area contributed by atoms with Crippen LogP contribution in [0, 0.1) is 0 Å². The number of halogens is 1. The van der Waals surface area contributed by atoms with Crippen molar-refractivity contribution in [1.82, 2.24) is 15.5 Å². The Morgan fingerprint density at radius 2 is 2.24 bits per heavy atom. The van der Waals surface area contributed by atoms with Gasteiger partial charge in [0.1, 0.15) is 5.75 Å². The van der Waals surface area contributed by atoms with Crippen molar-refractivity contribution < 1.29 is 9.53 Å². The molecule has 0 saturated heterocycles. The number of carbonyl (C=O) groups is 1. The van der Waals surface area contributed by atoms with Gasteiger partial charge in [-0.2, -0.15) is 0 Å². The highest BCUT2D eigenvalue weighted by molar-refractivity contribution is 14.0. The van der Waals surface area contributed by atoms with Crippen LogP contribution >= 0.6 is 24.0 Å². The summed E-state index contributed by atoms with van der Waals surface area (Å²) in [5.74, 6) is 1.46. The molecule has 2 N–H and O–H groups in total. The van der Waals surface area contributed by atoms with Gasteiger partial charge >= 0.3 is 0 Å². The Hall–Kier alpha value is -1.51. The molecule has 0 atom stereocenters. The van der Waals surface area contributed by atoms with Crippen molar-refractivity contribution in [2.75, 3.05) is 40.3 Å². The van der Waals surface area contributed by atoms with E-state index >= 15 is 0 Å². The number of benzene rings is 1. The number of amides is 1. The Morgan fingerprint density at radius 1 is 1.43 bits per heavy atom. The maximum absolute atomic E-state index is 11.9. The number of carbonyl (C=O) groups excluding carboxylic acids is 1. The van der Waals surface area contributed by atoms with Crippen LogP contribution in [0.25, 0.3) is 0 Å². The van der Waals surface area contributed by atoms with Crippen molar-refractivity contribution in [2.45, 2.75) is 0 Å². The first-order chi connectivity index (χ1) is 9.70. The zero-order valence-electron chi connectivity index (χ0n) is 12.3. The molecule has 0 bridgehead atoms. The molecule has 1 aliphatic heterocycles. The number of hydrogen-bond acceptors (Lipinski definition) is 5. The maximum Gasteiger partial charge on any atom is 0.251 e. The van der Waals surface area contributed by atoms with Crippen molar-refractivity contribution in [2.24, 2.45) is 4.99 Å². The summed E-state index contributed by atoms with van der Waals surface area (Å²) < 4.78 is 5.10. The Kier molecular flexibility index (Phi) is 7.27. The van der Waals surface area contributed by atoms with Gasteiger partial charge in [0.2, 0.25) is 0 Å². The van der Waals surface area contributed by atoms with Crippen molar-refractivity contribution in [1.29, 1.82) is 0 Å². The predicted octanol–water partition coefficient (Wildman–Crippen LogP) is 0.934. The number of methoxy groups -OCH3 is 1. The molecule has 0 fully saturated rings. The van der Waals surface area contributed by atoms with Crippen molar-refractivity contribution >= 4 is 35.8 Å². The van der Waals surface area contributed by atoms with Crippen LogP contribution in [-0.2, 0) is 0 Å². The Balaban J connectivity index is 0.00000220. The van der Waals surface area contributed by atoms with Gasteiger partial charge in [0.05, 0.1) is 13.7 Å². The number of rotatable bonds is 5. The summed E-state index contributed by atoms with van der Waals surface area (Å²) in [6.07, 6.45) is 0. The van der Waals surface area contributed by atoms with Crippen molar-refractivity contribution in [3.63, 3.8) is 0 Å². The van der Waals surface area contributed by atoms with Crippen molar-refractivity contribution in [3.8, 4) is 5.75 Å². The number of nitrogens with one attached hydrogen (secondary N) is 2. The molecule has 116 valence electrons. The fourth-order valence-electron chi connectivity index (χ4n) is 1.94. The summed E-state index contributed by atoms with van der Waals surface area (Å²) in [7, 11) is 3.58. The minimum Gasteiger partial charge on any atom is -0.497 e. The molecule has 7 heteroatoms. The molecule has 0 aromatic heterocycles. The van der Waals surface area contributed by atoms with Gasteiger partial charge in [0, 0.05) is 32.2 Å². The van der Waals surface area contributed by atoms with E-state index in [1.165, 1.54) is 0 Å². The van der Waals surface area contributed by atoms with E-state index in [2.05, 4.69) is 20.5 Å². The zero-order chi connectivity index (χ0) is 14.4. The first kappa shape index (κ1) is 17.5. The highest BCUT2D eigenvalue weighted by atomic mass is 127. The van der Waals surface area contributed by atoms with Gasteiger partial charge in [-0.25, -0.2) is 0 Å². The van der Waals surface area contributed by atoms with E-state index in [4.69, 9.17) is 4.74 Å². The summed E-state index contributed by atoms with van der Waals surface area (Å²) in [6, 6.07) is 7.10. The third-order valence-electron chi connectivity index (χ3n) is 3.08. The summed E-state index contributed by atoms with van der Waals surface area (Å²) >= 11 is 0. The number of nitrogens with zero attached hydrogens (tertiary/aromatic N) is 2. The van der Waals surface area contributed by atoms with E-state index in [1.54, 1.807) is 25.3 Å². The second-order valence-corrected chi connectivity index (χ2v) is 4.54. The predicted molar refractivity (Wildman–Crippen MR) is 93.7 cm³/mol. The number of hydrogen-bond donors (Lipinski definition) is 2. The largest absolute Gasteiger partial charge is 0.497 e. The van der Waals surface area contributed by atoms with Gasteiger partial charge < -0.3 is 20.3 Å². The molecule has 0 aliphatic carbocycles. The average Bonchev–Trinajstić information content (AvgIpc) is 2.89. The minimum absolute atomic E-state index is 0. The molecule has 1 aromatic rings.